The molecule has 3 atom stereocenters. The van der Waals surface area contributed by atoms with Crippen molar-refractivity contribution in [3.8, 4) is 5.75 Å². The summed E-state index contributed by atoms with van der Waals surface area (Å²) in [5.41, 5.74) is 2.79. The lowest BCUT2D eigenvalue weighted by atomic mass is 9.77. The molecule has 0 aliphatic carbocycles. The second-order valence-corrected chi connectivity index (χ2v) is 10.7. The fraction of sp³-hybridized carbons (Fsp3) is 0.483. The summed E-state index contributed by atoms with van der Waals surface area (Å²) in [6.07, 6.45) is 5.52. The topological polar surface area (TPSA) is 48.0 Å². The van der Waals surface area contributed by atoms with Gasteiger partial charge in [-0.15, -0.1) is 0 Å². The molecule has 3 aliphatic rings. The van der Waals surface area contributed by atoms with E-state index in [1.807, 2.05) is 32.9 Å². The highest BCUT2D eigenvalue weighted by molar-refractivity contribution is 5.71. The Balaban J connectivity index is 1.64. The summed E-state index contributed by atoms with van der Waals surface area (Å²) in [7, 11) is 0. The third-order valence-corrected chi connectivity index (χ3v) is 7.03. The van der Waals surface area contributed by atoms with Crippen molar-refractivity contribution in [3.05, 3.63) is 70.5 Å². The van der Waals surface area contributed by atoms with Crippen molar-refractivity contribution in [3.63, 3.8) is 0 Å². The van der Waals surface area contributed by atoms with Crippen LogP contribution in [-0.2, 0) is 15.2 Å². The minimum Gasteiger partial charge on any atom is -0.489 e. The molecule has 0 unspecified atom stereocenters. The first-order valence-corrected chi connectivity index (χ1v) is 12.5. The lowest BCUT2D eigenvalue weighted by Gasteiger charge is -2.49. The maximum absolute atomic E-state index is 13.5. The summed E-state index contributed by atoms with van der Waals surface area (Å²) in [5.74, 6) is 1.74. The van der Waals surface area contributed by atoms with Gasteiger partial charge in [0.1, 0.15) is 17.5 Å². The zero-order valence-electron chi connectivity index (χ0n) is 20.9. The normalized spacial score (nSPS) is 25.0. The fourth-order valence-corrected chi connectivity index (χ4v) is 5.53. The lowest BCUT2D eigenvalue weighted by molar-refractivity contribution is -0.142. The van der Waals surface area contributed by atoms with Gasteiger partial charge in [-0.1, -0.05) is 55.3 Å². The molecule has 5 rings (SSSR count). The smallest absolute Gasteiger partial charge is 0.413 e. The number of hydrogen-bond donors (Lipinski definition) is 0. The minimum atomic E-state index is -0.987. The van der Waals surface area contributed by atoms with Crippen LogP contribution in [0.4, 0.5) is 4.79 Å². The zero-order chi connectivity index (χ0) is 24.1. The van der Waals surface area contributed by atoms with Crippen LogP contribution >= 0.6 is 0 Å². The minimum absolute atomic E-state index is 0.0540. The maximum atomic E-state index is 13.5. The average molecular weight is 462 g/mol. The number of likely N-dealkylation sites (tertiary alicyclic amines) is 1. The average Bonchev–Trinajstić information content (AvgIpc) is 3.18. The summed E-state index contributed by atoms with van der Waals surface area (Å²) in [6, 6.07) is 14.5. The molecule has 1 amide bonds. The van der Waals surface area contributed by atoms with E-state index in [4.69, 9.17) is 14.2 Å². The summed E-state index contributed by atoms with van der Waals surface area (Å²) < 4.78 is 19.5. The van der Waals surface area contributed by atoms with Crippen molar-refractivity contribution in [2.24, 2.45) is 5.92 Å². The van der Waals surface area contributed by atoms with Gasteiger partial charge in [0.25, 0.3) is 0 Å². The van der Waals surface area contributed by atoms with Crippen LogP contribution < -0.4 is 4.74 Å². The molecule has 3 aliphatic heterocycles. The summed E-state index contributed by atoms with van der Waals surface area (Å²) in [5, 5.41) is 0. The molecule has 0 radical (unpaired) electrons. The third-order valence-electron chi connectivity index (χ3n) is 7.03. The molecule has 2 aromatic carbocycles. The first-order valence-electron chi connectivity index (χ1n) is 12.5. The van der Waals surface area contributed by atoms with Crippen molar-refractivity contribution >= 4 is 12.2 Å². The van der Waals surface area contributed by atoms with Crippen LogP contribution in [0.2, 0.25) is 0 Å². The van der Waals surface area contributed by atoms with Crippen molar-refractivity contribution < 1.29 is 19.0 Å². The quantitative estimate of drug-likeness (QED) is 0.487. The number of benzene rings is 2. The zero-order valence-corrected chi connectivity index (χ0v) is 20.9. The van der Waals surface area contributed by atoms with E-state index >= 15 is 0 Å². The summed E-state index contributed by atoms with van der Waals surface area (Å²) >= 11 is 0. The molecule has 34 heavy (non-hydrogen) atoms. The molecule has 5 nitrogen and oxygen atoms in total. The molecule has 0 bridgehead atoms. The van der Waals surface area contributed by atoms with Gasteiger partial charge in [-0.05, 0) is 58.2 Å². The van der Waals surface area contributed by atoms with Gasteiger partial charge in [0.15, 0.2) is 0 Å². The highest BCUT2D eigenvalue weighted by Crippen LogP contribution is 2.59. The number of carbonyl (C=O) groups excluding carboxylic acids is 1. The number of unbranched alkanes of at least 4 members (excludes halogenated alkanes) is 1. The van der Waals surface area contributed by atoms with Gasteiger partial charge in [-0.2, -0.15) is 0 Å². The molecular weight excluding hydrogens is 426 g/mol. The Morgan fingerprint density at radius 3 is 2.65 bits per heavy atom. The Hall–Kier alpha value is -2.95. The predicted octanol–water partition coefficient (Wildman–Crippen LogP) is 7.10. The second kappa shape index (κ2) is 8.37. The Morgan fingerprint density at radius 2 is 1.94 bits per heavy atom. The van der Waals surface area contributed by atoms with Crippen LogP contribution in [0.3, 0.4) is 0 Å². The molecule has 3 heterocycles. The molecule has 0 spiro atoms. The maximum Gasteiger partial charge on any atom is 0.413 e. The largest absolute Gasteiger partial charge is 0.489 e. The van der Waals surface area contributed by atoms with Crippen molar-refractivity contribution in [2.45, 2.75) is 77.7 Å². The number of allylic oxidation sites excluding steroid dienone is 1. The van der Waals surface area contributed by atoms with Crippen LogP contribution in [0, 0.1) is 12.8 Å². The number of nitrogens with zero attached hydrogens (tertiary/aromatic N) is 1. The van der Waals surface area contributed by atoms with Gasteiger partial charge in [0.05, 0.1) is 11.7 Å². The van der Waals surface area contributed by atoms with Gasteiger partial charge in [-0.3, -0.25) is 4.90 Å². The summed E-state index contributed by atoms with van der Waals surface area (Å²) in [6.45, 7) is 10.5. The molecule has 180 valence electrons. The Labute approximate surface area is 202 Å². The molecule has 1 saturated heterocycles. The summed E-state index contributed by atoms with van der Waals surface area (Å²) in [4.78, 5) is 15.3. The fourth-order valence-electron chi connectivity index (χ4n) is 5.53. The van der Waals surface area contributed by atoms with Crippen molar-refractivity contribution in [1.82, 2.24) is 4.90 Å². The van der Waals surface area contributed by atoms with Crippen LogP contribution in [0.1, 0.15) is 81.7 Å². The molecular formula is C29H35NO4. The molecule has 0 N–H and O–H groups in total. The Morgan fingerprint density at radius 1 is 1.18 bits per heavy atom. The standard InChI is InChI=1S/C29H35NO4/c1-6-7-10-22-18-20-9-8-11-24-25(20)26(32-22)23-16-17-30(27(31)34-28(3,4)5)29(23,33-24)21-14-12-19(2)13-15-21/h8-9,11-15,18,23,26H,6-7,10,16-17H2,1-5H3/t23-,26+,29+/m1/s1. The van der Waals surface area contributed by atoms with E-state index in [0.717, 1.165) is 59.4 Å². The van der Waals surface area contributed by atoms with Crippen LogP contribution in [-0.4, -0.2) is 23.1 Å². The Bertz CT molecular complexity index is 1110. The number of fused-ring (bicyclic) bond motifs is 2. The van der Waals surface area contributed by atoms with Crippen LogP contribution in [0.25, 0.3) is 6.08 Å². The number of aryl methyl sites for hydroxylation is 1. The second-order valence-electron chi connectivity index (χ2n) is 10.7. The highest BCUT2D eigenvalue weighted by atomic mass is 16.6. The van der Waals surface area contributed by atoms with E-state index in [0.29, 0.717) is 6.54 Å². The van der Waals surface area contributed by atoms with E-state index in [1.165, 1.54) is 0 Å². The van der Waals surface area contributed by atoms with E-state index < -0.39 is 11.3 Å². The van der Waals surface area contributed by atoms with Gasteiger partial charge >= 0.3 is 6.09 Å². The number of hydrogen-bond acceptors (Lipinski definition) is 4. The first-order chi connectivity index (χ1) is 16.2. The molecule has 0 saturated carbocycles. The van der Waals surface area contributed by atoms with Gasteiger partial charge in [0, 0.05) is 24.1 Å². The van der Waals surface area contributed by atoms with E-state index in [1.54, 1.807) is 4.90 Å². The van der Waals surface area contributed by atoms with E-state index in [-0.39, 0.29) is 18.1 Å². The predicted molar refractivity (Wildman–Crippen MR) is 132 cm³/mol. The van der Waals surface area contributed by atoms with E-state index in [9.17, 15) is 4.79 Å². The first kappa shape index (κ1) is 22.8. The van der Waals surface area contributed by atoms with Crippen molar-refractivity contribution in [1.29, 1.82) is 0 Å². The highest BCUT2D eigenvalue weighted by Gasteiger charge is 2.62. The van der Waals surface area contributed by atoms with Crippen LogP contribution in [0.15, 0.2) is 48.2 Å². The molecule has 1 fully saturated rings. The number of ether oxygens (including phenoxy) is 3. The molecule has 2 aromatic rings. The van der Waals surface area contributed by atoms with Crippen molar-refractivity contribution in [2.75, 3.05) is 6.54 Å². The third kappa shape index (κ3) is 3.75. The lowest BCUT2D eigenvalue weighted by Crippen LogP contribution is -2.56. The van der Waals surface area contributed by atoms with Gasteiger partial charge in [-0.25, -0.2) is 4.79 Å². The van der Waals surface area contributed by atoms with Gasteiger partial charge < -0.3 is 14.2 Å². The monoisotopic (exact) mass is 461 g/mol. The molecule has 0 aromatic heterocycles. The molecule has 5 heteroatoms. The van der Waals surface area contributed by atoms with Crippen LogP contribution in [0.5, 0.6) is 5.75 Å². The van der Waals surface area contributed by atoms with Gasteiger partial charge in [0.2, 0.25) is 5.72 Å². The number of amides is 1. The number of carbonyl (C=O) groups is 1. The SMILES string of the molecule is CCCCC1=Cc2cccc3c2[C@@H](O1)[C@H]1CCN(C(=O)OC(C)(C)C)[C@@]1(c1ccc(C)cc1)O3. The van der Waals surface area contributed by atoms with E-state index in [2.05, 4.69) is 50.3 Å². The Kier molecular flexibility index (Phi) is 5.62. The number of rotatable bonds is 4.